The molecule has 3 unspecified atom stereocenters. The van der Waals surface area contributed by atoms with Crippen LogP contribution in [0.4, 0.5) is 0 Å². The third-order valence-corrected chi connectivity index (χ3v) is 4.66. The molecule has 0 amide bonds. The molecule has 0 aromatic heterocycles. The van der Waals surface area contributed by atoms with Gasteiger partial charge in [-0.25, -0.2) is 0 Å². The van der Waals surface area contributed by atoms with E-state index < -0.39 is 0 Å². The van der Waals surface area contributed by atoms with Crippen LogP contribution in [0.5, 0.6) is 0 Å². The Hall–Kier alpha value is -1.11. The van der Waals surface area contributed by atoms with Crippen LogP contribution in [0.15, 0.2) is 30.3 Å². The van der Waals surface area contributed by atoms with E-state index in [4.69, 9.17) is 0 Å². The van der Waals surface area contributed by atoms with Gasteiger partial charge in [-0.05, 0) is 30.2 Å². The van der Waals surface area contributed by atoms with Gasteiger partial charge in [0.25, 0.3) is 0 Å². The summed E-state index contributed by atoms with van der Waals surface area (Å²) in [6.07, 6.45) is 7.29. The van der Waals surface area contributed by atoms with Gasteiger partial charge in [0.1, 0.15) is 5.78 Å². The Morgan fingerprint density at radius 1 is 0.941 bits per heavy atom. The Labute approximate surface area is 103 Å². The van der Waals surface area contributed by atoms with E-state index in [1.165, 1.54) is 31.2 Å². The molecule has 2 aliphatic rings. The molecule has 90 valence electrons. The summed E-state index contributed by atoms with van der Waals surface area (Å²) in [5.41, 5.74) is 1.24. The second kappa shape index (κ2) is 4.64. The van der Waals surface area contributed by atoms with Crippen LogP contribution in [0.25, 0.3) is 0 Å². The quantitative estimate of drug-likeness (QED) is 0.711. The Balaban J connectivity index is 1.80. The SMILES string of the molecule is O=C1CC2CCCCC2CC1c1ccccc1. The minimum absolute atomic E-state index is 0.190. The smallest absolute Gasteiger partial charge is 0.140 e. The average molecular weight is 228 g/mol. The summed E-state index contributed by atoms with van der Waals surface area (Å²) in [5.74, 6) is 2.19. The lowest BCUT2D eigenvalue weighted by Crippen LogP contribution is -2.32. The molecule has 0 heterocycles. The number of hydrogen-bond acceptors (Lipinski definition) is 1. The first kappa shape index (κ1) is 11.0. The number of hydrogen-bond donors (Lipinski definition) is 0. The molecule has 3 rings (SSSR count). The normalized spacial score (nSPS) is 33.2. The first-order valence-electron chi connectivity index (χ1n) is 6.92. The third kappa shape index (κ3) is 2.15. The summed E-state index contributed by atoms with van der Waals surface area (Å²) < 4.78 is 0. The van der Waals surface area contributed by atoms with E-state index in [0.29, 0.717) is 11.7 Å². The number of carbonyl (C=O) groups is 1. The molecule has 0 radical (unpaired) electrons. The minimum Gasteiger partial charge on any atom is -0.299 e. The molecular weight excluding hydrogens is 208 g/mol. The molecule has 0 N–H and O–H groups in total. The van der Waals surface area contributed by atoms with E-state index in [1.54, 1.807) is 0 Å². The highest BCUT2D eigenvalue weighted by Gasteiger charge is 2.37. The number of fused-ring (bicyclic) bond motifs is 1. The maximum atomic E-state index is 12.2. The van der Waals surface area contributed by atoms with Gasteiger partial charge in [-0.1, -0.05) is 49.6 Å². The molecule has 2 aliphatic carbocycles. The summed E-state index contributed by atoms with van der Waals surface area (Å²) in [6.45, 7) is 0. The van der Waals surface area contributed by atoms with Crippen LogP contribution in [0.3, 0.4) is 0 Å². The van der Waals surface area contributed by atoms with E-state index >= 15 is 0 Å². The van der Waals surface area contributed by atoms with Crippen molar-refractivity contribution in [1.29, 1.82) is 0 Å². The van der Waals surface area contributed by atoms with Crippen molar-refractivity contribution in [2.45, 2.75) is 44.4 Å². The van der Waals surface area contributed by atoms with Gasteiger partial charge in [0.2, 0.25) is 0 Å². The predicted octanol–water partition coefficient (Wildman–Crippen LogP) is 3.94. The number of carbonyl (C=O) groups excluding carboxylic acids is 1. The van der Waals surface area contributed by atoms with Crippen molar-refractivity contribution in [3.8, 4) is 0 Å². The lowest BCUT2D eigenvalue weighted by molar-refractivity contribution is -0.125. The number of rotatable bonds is 1. The van der Waals surface area contributed by atoms with Crippen LogP contribution in [-0.4, -0.2) is 5.78 Å². The summed E-state index contributed by atoms with van der Waals surface area (Å²) in [5, 5.41) is 0. The fourth-order valence-electron chi connectivity index (χ4n) is 3.71. The lowest BCUT2D eigenvalue weighted by atomic mass is 9.66. The van der Waals surface area contributed by atoms with E-state index in [0.717, 1.165) is 18.8 Å². The van der Waals surface area contributed by atoms with E-state index in [-0.39, 0.29) is 5.92 Å². The van der Waals surface area contributed by atoms with Crippen molar-refractivity contribution in [2.75, 3.05) is 0 Å². The fraction of sp³-hybridized carbons (Fsp3) is 0.562. The standard InChI is InChI=1S/C16H20O/c17-16-11-14-9-5-4-8-13(14)10-15(16)12-6-2-1-3-7-12/h1-3,6-7,13-15H,4-5,8-11H2. The molecule has 1 heteroatoms. The molecule has 17 heavy (non-hydrogen) atoms. The van der Waals surface area contributed by atoms with Crippen LogP contribution >= 0.6 is 0 Å². The van der Waals surface area contributed by atoms with Crippen molar-refractivity contribution >= 4 is 5.78 Å². The first-order chi connectivity index (χ1) is 8.34. The van der Waals surface area contributed by atoms with Crippen molar-refractivity contribution in [3.63, 3.8) is 0 Å². The lowest BCUT2D eigenvalue weighted by Gasteiger charge is -2.38. The van der Waals surface area contributed by atoms with Gasteiger partial charge in [-0.15, -0.1) is 0 Å². The van der Waals surface area contributed by atoms with Crippen LogP contribution in [-0.2, 0) is 4.79 Å². The second-order valence-electron chi connectivity index (χ2n) is 5.67. The molecular formula is C16H20O. The molecule has 0 spiro atoms. The van der Waals surface area contributed by atoms with Crippen molar-refractivity contribution < 1.29 is 4.79 Å². The molecule has 0 saturated heterocycles. The van der Waals surface area contributed by atoms with Crippen LogP contribution < -0.4 is 0 Å². The van der Waals surface area contributed by atoms with E-state index in [2.05, 4.69) is 24.3 Å². The van der Waals surface area contributed by atoms with Gasteiger partial charge in [0, 0.05) is 12.3 Å². The van der Waals surface area contributed by atoms with Gasteiger partial charge in [0.15, 0.2) is 0 Å². The molecule has 3 atom stereocenters. The summed E-state index contributed by atoms with van der Waals surface area (Å²) in [6, 6.07) is 10.4. The number of benzene rings is 1. The predicted molar refractivity (Wildman–Crippen MR) is 68.9 cm³/mol. The molecule has 2 fully saturated rings. The largest absolute Gasteiger partial charge is 0.299 e. The summed E-state index contributed by atoms with van der Waals surface area (Å²) in [7, 11) is 0. The van der Waals surface area contributed by atoms with Gasteiger partial charge in [-0.2, -0.15) is 0 Å². The van der Waals surface area contributed by atoms with Crippen LogP contribution in [0, 0.1) is 11.8 Å². The van der Waals surface area contributed by atoms with E-state index in [9.17, 15) is 4.79 Å². The molecule has 1 aromatic rings. The zero-order valence-electron chi connectivity index (χ0n) is 10.3. The molecule has 0 bridgehead atoms. The van der Waals surface area contributed by atoms with Crippen LogP contribution in [0.1, 0.15) is 50.0 Å². The Morgan fingerprint density at radius 2 is 1.65 bits per heavy atom. The van der Waals surface area contributed by atoms with Crippen molar-refractivity contribution in [2.24, 2.45) is 11.8 Å². The highest BCUT2D eigenvalue weighted by molar-refractivity contribution is 5.86. The fourth-order valence-corrected chi connectivity index (χ4v) is 3.71. The number of Topliss-reactive ketones (excluding diaryl/α,β-unsaturated/α-hetero) is 1. The highest BCUT2D eigenvalue weighted by atomic mass is 16.1. The molecule has 1 aromatic carbocycles. The van der Waals surface area contributed by atoms with Crippen LogP contribution in [0.2, 0.25) is 0 Å². The zero-order valence-corrected chi connectivity index (χ0v) is 10.3. The van der Waals surface area contributed by atoms with Gasteiger partial charge >= 0.3 is 0 Å². The maximum absolute atomic E-state index is 12.2. The molecule has 0 aliphatic heterocycles. The zero-order chi connectivity index (χ0) is 11.7. The highest BCUT2D eigenvalue weighted by Crippen LogP contribution is 2.44. The maximum Gasteiger partial charge on any atom is 0.140 e. The first-order valence-corrected chi connectivity index (χ1v) is 6.92. The average Bonchev–Trinajstić information content (AvgIpc) is 2.39. The van der Waals surface area contributed by atoms with Gasteiger partial charge in [0.05, 0.1) is 0 Å². The Morgan fingerprint density at radius 3 is 2.41 bits per heavy atom. The third-order valence-electron chi connectivity index (χ3n) is 4.66. The number of ketones is 1. The molecule has 2 saturated carbocycles. The topological polar surface area (TPSA) is 17.1 Å². The Bertz CT molecular complexity index is 395. The van der Waals surface area contributed by atoms with E-state index in [1.807, 2.05) is 6.07 Å². The van der Waals surface area contributed by atoms with Crippen molar-refractivity contribution in [3.05, 3.63) is 35.9 Å². The summed E-state index contributed by atoms with van der Waals surface area (Å²) >= 11 is 0. The molecule has 1 nitrogen and oxygen atoms in total. The van der Waals surface area contributed by atoms with Gasteiger partial charge < -0.3 is 0 Å². The Kier molecular flexibility index (Phi) is 3.00. The minimum atomic E-state index is 0.190. The van der Waals surface area contributed by atoms with Crippen molar-refractivity contribution in [1.82, 2.24) is 0 Å². The second-order valence-corrected chi connectivity index (χ2v) is 5.67. The monoisotopic (exact) mass is 228 g/mol. The van der Waals surface area contributed by atoms with Gasteiger partial charge in [-0.3, -0.25) is 4.79 Å². The summed E-state index contributed by atoms with van der Waals surface area (Å²) in [4.78, 5) is 12.2.